The van der Waals surface area contributed by atoms with Crippen LogP contribution in [0.4, 0.5) is 0 Å². The second-order valence-corrected chi connectivity index (χ2v) is 8.41. The number of hydrogen-bond donors (Lipinski definition) is 0. The van der Waals surface area contributed by atoms with Gasteiger partial charge in [-0.3, -0.25) is 0 Å². The molecule has 0 fully saturated rings. The van der Waals surface area contributed by atoms with Crippen molar-refractivity contribution in [3.05, 3.63) is 81.8 Å². The largest absolute Gasteiger partial charge is 0.497 e. The number of hydrogen-bond acceptors (Lipinski definition) is 6. The third kappa shape index (κ3) is 3.00. The Morgan fingerprint density at radius 2 is 1.42 bits per heavy atom. The van der Waals surface area contributed by atoms with Gasteiger partial charge in [0.25, 0.3) is 0 Å². The summed E-state index contributed by atoms with van der Waals surface area (Å²) in [4.78, 5) is 0. The molecule has 0 saturated carbocycles. The van der Waals surface area contributed by atoms with E-state index < -0.39 is 5.41 Å². The first-order chi connectivity index (χ1) is 16.0. The summed E-state index contributed by atoms with van der Waals surface area (Å²) in [5.41, 5.74) is 5.13. The van der Waals surface area contributed by atoms with Gasteiger partial charge in [-0.05, 0) is 47.4 Å². The van der Waals surface area contributed by atoms with Crippen LogP contribution >= 0.6 is 0 Å². The minimum Gasteiger partial charge on any atom is -0.497 e. The average Bonchev–Trinajstić information content (AvgIpc) is 3.14. The van der Waals surface area contributed by atoms with Gasteiger partial charge in [-0.2, -0.15) is 0 Å². The zero-order valence-electron chi connectivity index (χ0n) is 19.8. The van der Waals surface area contributed by atoms with Crippen molar-refractivity contribution in [2.24, 2.45) is 0 Å². The molecule has 0 heterocycles. The van der Waals surface area contributed by atoms with Crippen LogP contribution in [0.15, 0.2) is 59.6 Å². The highest BCUT2D eigenvalue weighted by Gasteiger charge is 2.47. The molecule has 2 unspecified atom stereocenters. The fraction of sp³-hybridized carbons (Fsp3) is 0.333. The lowest BCUT2D eigenvalue weighted by Crippen LogP contribution is -2.29. The van der Waals surface area contributed by atoms with E-state index in [1.165, 1.54) is 0 Å². The standard InChI is InChI=1S/C27H28O6/c1-28-15-7-17-19(22(8-15)30-3)13-27-12-16(29-2)9-23(31-4)20(14-27)26(17)18-10-24(32-5)25(33-6)11-21(18)27/h7-12,14,26H,13H2,1-6H3. The van der Waals surface area contributed by atoms with E-state index in [-0.39, 0.29) is 5.92 Å². The smallest absolute Gasteiger partial charge is 0.161 e. The van der Waals surface area contributed by atoms with Crippen molar-refractivity contribution in [1.29, 1.82) is 0 Å². The van der Waals surface area contributed by atoms with Gasteiger partial charge in [0.2, 0.25) is 0 Å². The highest BCUT2D eigenvalue weighted by Crippen LogP contribution is 2.58. The van der Waals surface area contributed by atoms with E-state index in [4.69, 9.17) is 28.4 Å². The lowest BCUT2D eigenvalue weighted by atomic mass is 9.68. The van der Waals surface area contributed by atoms with Crippen LogP contribution in [0.2, 0.25) is 0 Å². The molecular weight excluding hydrogens is 420 g/mol. The van der Waals surface area contributed by atoms with Crippen molar-refractivity contribution in [1.82, 2.24) is 0 Å². The van der Waals surface area contributed by atoms with E-state index in [0.717, 1.165) is 50.8 Å². The van der Waals surface area contributed by atoms with Gasteiger partial charge in [0.05, 0.1) is 42.7 Å². The summed E-state index contributed by atoms with van der Waals surface area (Å²) >= 11 is 0. The van der Waals surface area contributed by atoms with Crippen LogP contribution in [-0.2, 0) is 21.3 Å². The molecule has 2 aromatic carbocycles. The molecule has 3 bridgehead atoms. The first-order valence-electron chi connectivity index (χ1n) is 10.8. The Hall–Kier alpha value is -3.54. The predicted octanol–water partition coefficient (Wildman–Crippen LogP) is 4.66. The molecule has 6 rings (SSSR count). The zero-order valence-corrected chi connectivity index (χ0v) is 19.8. The van der Waals surface area contributed by atoms with Crippen molar-refractivity contribution in [2.75, 3.05) is 42.7 Å². The van der Waals surface area contributed by atoms with Crippen molar-refractivity contribution in [3.63, 3.8) is 0 Å². The van der Waals surface area contributed by atoms with E-state index in [1.807, 2.05) is 12.1 Å². The van der Waals surface area contributed by atoms with Gasteiger partial charge in [0.15, 0.2) is 11.5 Å². The maximum absolute atomic E-state index is 5.89. The van der Waals surface area contributed by atoms with Crippen LogP contribution in [-0.4, -0.2) is 42.7 Å². The third-order valence-electron chi connectivity index (χ3n) is 6.96. The molecule has 6 heteroatoms. The summed E-state index contributed by atoms with van der Waals surface area (Å²) in [7, 11) is 10.1. The lowest BCUT2D eigenvalue weighted by molar-refractivity contribution is 0.280. The fourth-order valence-corrected chi connectivity index (χ4v) is 5.49. The Labute approximate surface area is 194 Å². The number of benzene rings is 2. The first kappa shape index (κ1) is 21.3. The molecule has 2 atom stereocenters. The summed E-state index contributed by atoms with van der Waals surface area (Å²) in [5.74, 6) is 4.34. The fourth-order valence-electron chi connectivity index (χ4n) is 5.49. The van der Waals surface area contributed by atoms with Gasteiger partial charge < -0.3 is 28.4 Å². The quantitative estimate of drug-likeness (QED) is 0.641. The molecule has 2 aromatic rings. The monoisotopic (exact) mass is 448 g/mol. The molecule has 4 aliphatic rings. The van der Waals surface area contributed by atoms with Gasteiger partial charge in [-0.25, -0.2) is 0 Å². The summed E-state index contributed by atoms with van der Waals surface area (Å²) in [6.07, 6.45) is 7.12. The van der Waals surface area contributed by atoms with Crippen LogP contribution in [0.25, 0.3) is 0 Å². The SMILES string of the molecule is COC1=CC23C=C(C(OC)=C1)C(c1cc(OC)c(OC)cc12)c1cc(OC)cc(OC)c1C3. The molecule has 4 aliphatic carbocycles. The van der Waals surface area contributed by atoms with Gasteiger partial charge >= 0.3 is 0 Å². The van der Waals surface area contributed by atoms with Crippen molar-refractivity contribution < 1.29 is 28.4 Å². The lowest BCUT2D eigenvalue weighted by Gasteiger charge is -2.35. The molecule has 0 saturated heterocycles. The van der Waals surface area contributed by atoms with Gasteiger partial charge in [-0.1, -0.05) is 6.08 Å². The minimum absolute atomic E-state index is 0.106. The second-order valence-electron chi connectivity index (χ2n) is 8.41. The van der Waals surface area contributed by atoms with Gasteiger partial charge in [-0.15, -0.1) is 0 Å². The van der Waals surface area contributed by atoms with Crippen molar-refractivity contribution in [2.45, 2.75) is 17.8 Å². The van der Waals surface area contributed by atoms with Crippen LogP contribution in [0.3, 0.4) is 0 Å². The Morgan fingerprint density at radius 3 is 2.06 bits per heavy atom. The van der Waals surface area contributed by atoms with Crippen LogP contribution < -0.4 is 18.9 Å². The molecule has 33 heavy (non-hydrogen) atoms. The van der Waals surface area contributed by atoms with Crippen LogP contribution in [0.1, 0.15) is 28.2 Å². The van der Waals surface area contributed by atoms with Crippen LogP contribution in [0, 0.1) is 0 Å². The molecule has 0 radical (unpaired) electrons. The molecule has 0 N–H and O–H groups in total. The molecule has 0 amide bonds. The van der Waals surface area contributed by atoms with E-state index in [1.54, 1.807) is 42.7 Å². The topological polar surface area (TPSA) is 55.4 Å². The molecule has 172 valence electrons. The highest BCUT2D eigenvalue weighted by atomic mass is 16.5. The number of rotatable bonds is 6. The zero-order chi connectivity index (χ0) is 23.3. The summed E-state index contributed by atoms with van der Waals surface area (Å²) in [6.45, 7) is 0. The maximum atomic E-state index is 5.89. The molecule has 1 spiro atoms. The Bertz CT molecular complexity index is 1220. The van der Waals surface area contributed by atoms with E-state index in [2.05, 4.69) is 30.4 Å². The number of ether oxygens (including phenoxy) is 6. The maximum Gasteiger partial charge on any atom is 0.161 e. The van der Waals surface area contributed by atoms with E-state index in [0.29, 0.717) is 17.9 Å². The molecule has 6 nitrogen and oxygen atoms in total. The Kier molecular flexibility index (Phi) is 5.04. The minimum atomic E-state index is -0.490. The van der Waals surface area contributed by atoms with Crippen LogP contribution in [0.5, 0.6) is 23.0 Å². The summed E-state index contributed by atoms with van der Waals surface area (Å²) in [6, 6.07) is 8.23. The second kappa shape index (κ2) is 7.80. The number of methoxy groups -OCH3 is 6. The molecule has 0 aliphatic heterocycles. The molecular formula is C27H28O6. The predicted molar refractivity (Wildman–Crippen MR) is 125 cm³/mol. The van der Waals surface area contributed by atoms with Gasteiger partial charge in [0.1, 0.15) is 23.0 Å². The third-order valence-corrected chi connectivity index (χ3v) is 6.96. The van der Waals surface area contributed by atoms with Gasteiger partial charge in [0, 0.05) is 34.6 Å². The first-order valence-corrected chi connectivity index (χ1v) is 10.8. The van der Waals surface area contributed by atoms with E-state index in [9.17, 15) is 0 Å². The average molecular weight is 449 g/mol. The van der Waals surface area contributed by atoms with Crippen molar-refractivity contribution >= 4 is 0 Å². The van der Waals surface area contributed by atoms with Crippen molar-refractivity contribution in [3.8, 4) is 23.0 Å². The highest BCUT2D eigenvalue weighted by molar-refractivity contribution is 5.70. The summed E-state index contributed by atoms with van der Waals surface area (Å²) < 4.78 is 34.5. The number of allylic oxidation sites excluding steroid dienone is 4. The van der Waals surface area contributed by atoms with E-state index >= 15 is 0 Å². The molecule has 0 aromatic heterocycles. The normalized spacial score (nSPS) is 21.9. The Morgan fingerprint density at radius 1 is 0.697 bits per heavy atom. The Balaban J connectivity index is 1.92. The summed E-state index contributed by atoms with van der Waals surface area (Å²) in [5, 5.41) is 0.